The van der Waals surface area contributed by atoms with Gasteiger partial charge in [-0.25, -0.2) is 8.42 Å². The fraction of sp³-hybridized carbons (Fsp3) is 0.429. The smallest absolute Gasteiger partial charge is 0.233 e. The molecule has 2 heterocycles. The number of thioether (sulfide) groups is 1. The van der Waals surface area contributed by atoms with E-state index in [-0.39, 0.29) is 29.2 Å². The molecule has 1 saturated heterocycles. The van der Waals surface area contributed by atoms with Crippen molar-refractivity contribution in [1.82, 2.24) is 25.1 Å². The molecule has 0 N–H and O–H groups in total. The summed E-state index contributed by atoms with van der Waals surface area (Å²) in [6, 6.07) is 6.75. The average Bonchev–Trinajstić information content (AvgIpc) is 3.18. The summed E-state index contributed by atoms with van der Waals surface area (Å²) >= 11 is 7.07. The fourth-order valence-electron chi connectivity index (χ4n) is 2.53. The van der Waals surface area contributed by atoms with Crippen LogP contribution in [-0.4, -0.2) is 69.8 Å². The lowest BCUT2D eigenvalue weighted by atomic mass is 10.2. The van der Waals surface area contributed by atoms with Crippen molar-refractivity contribution >= 4 is 39.1 Å². The molecule has 0 saturated carbocycles. The Hall–Kier alpha value is -1.65. The quantitative estimate of drug-likeness (QED) is 0.690. The number of carbonyl (C=O) groups excluding carboxylic acids is 1. The minimum absolute atomic E-state index is 0.0302. The number of hydrogen-bond donors (Lipinski definition) is 0. The molecule has 3 rings (SSSR count). The van der Waals surface area contributed by atoms with Crippen LogP contribution in [0, 0.1) is 0 Å². The lowest BCUT2D eigenvalue weighted by molar-refractivity contribution is -0.128. The van der Waals surface area contributed by atoms with Crippen LogP contribution in [0.5, 0.6) is 0 Å². The molecule has 8 nitrogen and oxygen atoms in total. The molecule has 25 heavy (non-hydrogen) atoms. The Labute approximate surface area is 154 Å². The Balaban J connectivity index is 1.63. The monoisotopic (exact) mass is 401 g/mol. The number of sulfone groups is 1. The van der Waals surface area contributed by atoms with Crippen LogP contribution in [0.4, 0.5) is 0 Å². The third-order valence-electron chi connectivity index (χ3n) is 3.99. The zero-order chi connectivity index (χ0) is 18.0. The molecule has 11 heteroatoms. The van der Waals surface area contributed by atoms with E-state index >= 15 is 0 Å². The highest BCUT2D eigenvalue weighted by atomic mass is 35.5. The number of aromatic nitrogens is 4. The summed E-state index contributed by atoms with van der Waals surface area (Å²) in [4.78, 5) is 13.9. The van der Waals surface area contributed by atoms with E-state index in [2.05, 4.69) is 15.5 Å². The van der Waals surface area contributed by atoms with Gasteiger partial charge < -0.3 is 4.90 Å². The third kappa shape index (κ3) is 4.31. The van der Waals surface area contributed by atoms with Crippen LogP contribution in [-0.2, 0) is 14.6 Å². The number of carbonyl (C=O) groups is 1. The molecular formula is C14H16ClN5O3S2. The first-order valence-electron chi connectivity index (χ1n) is 7.49. The third-order valence-corrected chi connectivity index (χ3v) is 6.89. The van der Waals surface area contributed by atoms with Crippen molar-refractivity contribution in [2.75, 3.05) is 24.3 Å². The molecule has 2 aromatic rings. The molecule has 0 aliphatic carbocycles. The van der Waals surface area contributed by atoms with E-state index in [1.807, 2.05) is 0 Å². The van der Waals surface area contributed by atoms with Gasteiger partial charge in [-0.2, -0.15) is 4.68 Å². The highest BCUT2D eigenvalue weighted by molar-refractivity contribution is 7.99. The predicted octanol–water partition coefficient (Wildman–Crippen LogP) is 1.05. The van der Waals surface area contributed by atoms with Gasteiger partial charge in [0.1, 0.15) is 0 Å². The largest absolute Gasteiger partial charge is 0.341 e. The number of halogens is 1. The molecule has 0 spiro atoms. The van der Waals surface area contributed by atoms with E-state index in [9.17, 15) is 13.2 Å². The van der Waals surface area contributed by atoms with Crippen molar-refractivity contribution in [2.45, 2.75) is 17.6 Å². The van der Waals surface area contributed by atoms with E-state index in [1.54, 1.807) is 31.3 Å². The van der Waals surface area contributed by atoms with E-state index in [0.29, 0.717) is 16.6 Å². The summed E-state index contributed by atoms with van der Waals surface area (Å²) in [6.07, 6.45) is 0.484. The second-order valence-electron chi connectivity index (χ2n) is 5.70. The molecule has 1 atom stereocenters. The maximum absolute atomic E-state index is 12.3. The minimum atomic E-state index is -3.03. The molecule has 0 radical (unpaired) electrons. The molecule has 1 aliphatic rings. The molecule has 1 amide bonds. The first-order chi connectivity index (χ1) is 11.9. The van der Waals surface area contributed by atoms with Gasteiger partial charge in [0.05, 0.1) is 22.9 Å². The molecule has 0 bridgehead atoms. The second-order valence-corrected chi connectivity index (χ2v) is 9.31. The Morgan fingerprint density at radius 2 is 2.12 bits per heavy atom. The van der Waals surface area contributed by atoms with Gasteiger partial charge >= 0.3 is 0 Å². The van der Waals surface area contributed by atoms with Crippen molar-refractivity contribution in [1.29, 1.82) is 0 Å². The van der Waals surface area contributed by atoms with Gasteiger partial charge in [-0.1, -0.05) is 23.4 Å². The summed E-state index contributed by atoms with van der Waals surface area (Å²) in [7, 11) is -1.39. The van der Waals surface area contributed by atoms with Crippen molar-refractivity contribution in [3.05, 3.63) is 29.3 Å². The second kappa shape index (κ2) is 7.30. The molecule has 134 valence electrons. The van der Waals surface area contributed by atoms with Crippen molar-refractivity contribution in [3.63, 3.8) is 0 Å². The van der Waals surface area contributed by atoms with Gasteiger partial charge in [-0.05, 0) is 41.1 Å². The number of benzene rings is 1. The van der Waals surface area contributed by atoms with Crippen LogP contribution in [0.3, 0.4) is 0 Å². The zero-order valence-corrected chi connectivity index (χ0v) is 15.8. The number of tetrazole rings is 1. The molecule has 1 aromatic heterocycles. The summed E-state index contributed by atoms with van der Waals surface area (Å²) in [5, 5.41) is 12.6. The van der Waals surface area contributed by atoms with E-state index < -0.39 is 9.84 Å². The van der Waals surface area contributed by atoms with E-state index in [1.165, 1.54) is 21.3 Å². The Morgan fingerprint density at radius 1 is 1.40 bits per heavy atom. The summed E-state index contributed by atoms with van der Waals surface area (Å²) in [6.45, 7) is 0. The molecule has 1 fully saturated rings. The predicted molar refractivity (Wildman–Crippen MR) is 94.7 cm³/mol. The topological polar surface area (TPSA) is 98.1 Å². The van der Waals surface area contributed by atoms with E-state index in [4.69, 9.17) is 11.6 Å². The lowest BCUT2D eigenvalue weighted by Crippen LogP contribution is -2.38. The van der Waals surface area contributed by atoms with Gasteiger partial charge in [0.15, 0.2) is 9.84 Å². The van der Waals surface area contributed by atoms with Crippen molar-refractivity contribution in [2.24, 2.45) is 0 Å². The van der Waals surface area contributed by atoms with Crippen LogP contribution < -0.4 is 0 Å². The highest BCUT2D eigenvalue weighted by Gasteiger charge is 2.32. The van der Waals surface area contributed by atoms with E-state index in [0.717, 1.165) is 5.69 Å². The zero-order valence-electron chi connectivity index (χ0n) is 13.4. The SMILES string of the molecule is CN(C(=O)CSc1nnnn1-c1ccc(Cl)cc1)[C@@H]1CCS(=O)(=O)C1. The van der Waals surface area contributed by atoms with Gasteiger partial charge in [0.2, 0.25) is 11.1 Å². The van der Waals surface area contributed by atoms with Crippen LogP contribution >= 0.6 is 23.4 Å². The highest BCUT2D eigenvalue weighted by Crippen LogP contribution is 2.22. The molecule has 1 aromatic carbocycles. The molecular weight excluding hydrogens is 386 g/mol. The summed E-state index contributed by atoms with van der Waals surface area (Å²) in [5.74, 6) is 0.137. The standard InChI is InChI=1S/C14H16ClN5O3S2/c1-19(12-6-7-25(22,23)9-12)13(21)8-24-14-16-17-18-20(14)11-4-2-10(15)3-5-11/h2-5,12H,6-9H2,1H3/t12-/m1/s1. The maximum atomic E-state index is 12.3. The number of hydrogen-bond acceptors (Lipinski definition) is 7. The van der Waals surface area contributed by atoms with Crippen LogP contribution in [0.1, 0.15) is 6.42 Å². The van der Waals surface area contributed by atoms with Crippen molar-refractivity contribution in [3.8, 4) is 5.69 Å². The van der Waals surface area contributed by atoms with Gasteiger partial charge in [0.25, 0.3) is 0 Å². The minimum Gasteiger partial charge on any atom is -0.341 e. The Bertz CT molecular complexity index is 869. The van der Waals surface area contributed by atoms with Crippen LogP contribution in [0.15, 0.2) is 29.4 Å². The summed E-state index contributed by atoms with van der Waals surface area (Å²) in [5.41, 5.74) is 0.736. The average molecular weight is 402 g/mol. The summed E-state index contributed by atoms with van der Waals surface area (Å²) < 4.78 is 24.6. The van der Waals surface area contributed by atoms with Crippen LogP contribution in [0.2, 0.25) is 5.02 Å². The fourth-order valence-corrected chi connectivity index (χ4v) is 5.24. The first kappa shape index (κ1) is 18.2. The maximum Gasteiger partial charge on any atom is 0.233 e. The van der Waals surface area contributed by atoms with Crippen molar-refractivity contribution < 1.29 is 13.2 Å². The number of rotatable bonds is 5. The van der Waals surface area contributed by atoms with Crippen LogP contribution in [0.25, 0.3) is 5.69 Å². The lowest BCUT2D eigenvalue weighted by Gasteiger charge is -2.23. The number of nitrogens with zero attached hydrogens (tertiary/aromatic N) is 5. The Kier molecular flexibility index (Phi) is 5.30. The normalized spacial score (nSPS) is 19.0. The number of amides is 1. The molecule has 1 aliphatic heterocycles. The first-order valence-corrected chi connectivity index (χ1v) is 10.7. The van der Waals surface area contributed by atoms with Gasteiger partial charge in [0, 0.05) is 18.1 Å². The van der Waals surface area contributed by atoms with Gasteiger partial charge in [-0.15, -0.1) is 5.10 Å². The Morgan fingerprint density at radius 3 is 2.76 bits per heavy atom. The molecule has 0 unspecified atom stereocenters. The van der Waals surface area contributed by atoms with Gasteiger partial charge in [-0.3, -0.25) is 4.79 Å².